The molecule has 23 nitrogen and oxygen atoms in total. The predicted molar refractivity (Wildman–Crippen MR) is 291 cm³/mol. The summed E-state index contributed by atoms with van der Waals surface area (Å²) in [5.41, 5.74) is 0. The average molecular weight is 1180 g/mol. The molecule has 12 N–H and O–H groups in total. The van der Waals surface area contributed by atoms with Gasteiger partial charge >= 0.3 is 19.8 Å². The van der Waals surface area contributed by atoms with E-state index in [4.69, 9.17) is 37.5 Å². The van der Waals surface area contributed by atoms with E-state index in [1.165, 1.54) is 96.3 Å². The zero-order chi connectivity index (χ0) is 58.9. The second kappa shape index (κ2) is 41.3. The van der Waals surface area contributed by atoms with Gasteiger partial charge in [0.05, 0.1) is 19.8 Å². The van der Waals surface area contributed by atoms with Gasteiger partial charge in [-0.25, -0.2) is 4.57 Å². The number of ether oxygens (including phenoxy) is 6. The Balaban J connectivity index is 1.70. The van der Waals surface area contributed by atoms with Crippen LogP contribution in [0.15, 0.2) is 12.2 Å². The summed E-state index contributed by atoms with van der Waals surface area (Å²) in [6.45, 7) is 1.01. The lowest BCUT2D eigenvalue weighted by molar-refractivity contribution is -0.360. The highest BCUT2D eigenvalue weighted by molar-refractivity contribution is 7.47. The lowest BCUT2D eigenvalue weighted by Gasteiger charge is -2.49. The van der Waals surface area contributed by atoms with Crippen molar-refractivity contribution in [2.24, 2.45) is 0 Å². The van der Waals surface area contributed by atoms with Crippen LogP contribution in [0.5, 0.6) is 0 Å². The van der Waals surface area contributed by atoms with E-state index in [2.05, 4.69) is 26.0 Å². The Labute approximate surface area is 473 Å². The Morgan fingerprint density at radius 2 is 0.825 bits per heavy atom. The number of carbonyl (C=O) groups excluding carboxylic acids is 2. The smallest absolute Gasteiger partial charge is 0.462 e. The van der Waals surface area contributed by atoms with Gasteiger partial charge < -0.3 is 89.5 Å². The number of rotatable bonds is 44. The molecule has 3 fully saturated rings. The molecule has 3 aliphatic rings. The lowest BCUT2D eigenvalue weighted by atomic mass is 9.84. The number of esters is 2. The van der Waals surface area contributed by atoms with E-state index in [9.17, 15) is 75.2 Å². The van der Waals surface area contributed by atoms with Gasteiger partial charge in [0, 0.05) is 12.8 Å². The van der Waals surface area contributed by atoms with Crippen LogP contribution in [0.3, 0.4) is 0 Å². The van der Waals surface area contributed by atoms with Crippen LogP contribution in [0.25, 0.3) is 0 Å². The maximum atomic E-state index is 14.0. The Morgan fingerprint density at radius 1 is 0.463 bits per heavy atom. The van der Waals surface area contributed by atoms with Gasteiger partial charge in [-0.1, -0.05) is 161 Å². The first-order valence-electron chi connectivity index (χ1n) is 30.0. The molecule has 18 atom stereocenters. The van der Waals surface area contributed by atoms with E-state index in [1.807, 2.05) is 0 Å². The molecule has 80 heavy (non-hydrogen) atoms. The summed E-state index contributed by atoms with van der Waals surface area (Å²) >= 11 is 0. The molecule has 1 saturated carbocycles. The van der Waals surface area contributed by atoms with Crippen molar-refractivity contribution in [1.82, 2.24) is 0 Å². The van der Waals surface area contributed by atoms with Crippen LogP contribution in [-0.4, -0.2) is 204 Å². The van der Waals surface area contributed by atoms with Crippen LogP contribution < -0.4 is 0 Å². The number of carbonyl (C=O) groups is 2. The molecular weight excluding hydrogens is 1070 g/mol. The number of phosphoric acid groups is 1. The Hall–Kier alpha value is -1.81. The number of phosphoric ester groups is 1. The molecule has 3 rings (SSSR count). The van der Waals surface area contributed by atoms with E-state index >= 15 is 0 Å². The first kappa shape index (κ1) is 72.4. The van der Waals surface area contributed by atoms with E-state index in [-0.39, 0.29) is 12.8 Å². The second-order valence-corrected chi connectivity index (χ2v) is 23.3. The molecule has 470 valence electrons. The minimum Gasteiger partial charge on any atom is -0.462 e. The van der Waals surface area contributed by atoms with E-state index < -0.39 is 150 Å². The summed E-state index contributed by atoms with van der Waals surface area (Å²) < 4.78 is 58.1. The molecule has 0 radical (unpaired) electrons. The van der Waals surface area contributed by atoms with Crippen LogP contribution in [-0.2, 0) is 51.6 Å². The minimum absolute atomic E-state index is 0.0386. The van der Waals surface area contributed by atoms with Gasteiger partial charge in [0.15, 0.2) is 18.7 Å². The van der Waals surface area contributed by atoms with Crippen molar-refractivity contribution < 1.29 is 113 Å². The highest BCUT2D eigenvalue weighted by Crippen LogP contribution is 2.49. The zero-order valence-corrected chi connectivity index (χ0v) is 48.5. The maximum Gasteiger partial charge on any atom is 0.472 e. The Morgan fingerprint density at radius 3 is 1.23 bits per heavy atom. The van der Waals surface area contributed by atoms with Crippen LogP contribution in [0, 0.1) is 0 Å². The normalized spacial score (nSPS) is 31.3. The lowest BCUT2D eigenvalue weighted by Crippen LogP contribution is -2.69. The first-order valence-corrected chi connectivity index (χ1v) is 31.5. The molecule has 2 heterocycles. The summed E-state index contributed by atoms with van der Waals surface area (Å²) in [5.74, 6) is -1.34. The molecule has 0 aromatic heterocycles. The average Bonchev–Trinajstić information content (AvgIpc) is 3.47. The number of allylic oxidation sites excluding steroid dienone is 2. The highest BCUT2D eigenvalue weighted by Gasteiger charge is 2.58. The summed E-state index contributed by atoms with van der Waals surface area (Å²) in [4.78, 5) is 37.5. The van der Waals surface area contributed by atoms with Crippen LogP contribution in [0.1, 0.15) is 200 Å². The van der Waals surface area contributed by atoms with Gasteiger partial charge in [0.2, 0.25) is 0 Å². The zero-order valence-electron chi connectivity index (χ0n) is 47.6. The van der Waals surface area contributed by atoms with Crippen molar-refractivity contribution in [3.05, 3.63) is 12.2 Å². The SMILES string of the molecule is CCCCCCCC/C=C\CCCCCCCC(=O)O[C@H](COC(=O)CCCCCCCCCCCCCCCC)COP(=O)(O)OC1C(O[C@@H]2OC(CO)[C@H](O)C(O)[C@@H]2O)C(O)C(O)C(O)[C@H]1O[C@H]1OC(CO)[C@@H](O)C(O)[C@H]1O. The minimum atomic E-state index is -5.63. The van der Waals surface area contributed by atoms with Gasteiger partial charge in [-0.15, -0.1) is 0 Å². The van der Waals surface area contributed by atoms with E-state index in [0.29, 0.717) is 12.8 Å². The summed E-state index contributed by atoms with van der Waals surface area (Å²) in [5, 5.41) is 117. The molecule has 0 amide bonds. The van der Waals surface area contributed by atoms with Crippen LogP contribution >= 0.6 is 7.82 Å². The molecule has 2 aliphatic heterocycles. The fourth-order valence-corrected chi connectivity index (χ4v) is 11.0. The van der Waals surface area contributed by atoms with Gasteiger partial charge in [-0.3, -0.25) is 18.6 Å². The largest absolute Gasteiger partial charge is 0.472 e. The molecule has 24 heteroatoms. The van der Waals surface area contributed by atoms with Crippen molar-refractivity contribution in [1.29, 1.82) is 0 Å². The maximum absolute atomic E-state index is 14.0. The number of aliphatic hydroxyl groups excluding tert-OH is 11. The number of aliphatic hydroxyl groups is 11. The highest BCUT2D eigenvalue weighted by atomic mass is 31.2. The van der Waals surface area contributed by atoms with Crippen LogP contribution in [0.2, 0.25) is 0 Å². The molecule has 0 aromatic rings. The standard InChI is InChI=1S/C56H103O23P/c1-3-5-7-9-11-13-15-17-19-21-23-25-27-29-31-33-42(60)74-38(36-72-41(59)32-30-28-26-24-22-20-18-16-14-12-10-8-6-4-2)37-73-80(70,71)79-54-52(77-55-50(68)45(63)43(61)39(34-57)75-55)48(66)47(65)49(67)53(54)78-56-51(69)46(64)44(62)40(35-58)76-56/h17,19,38-40,43-58,61-69H,3-16,18,20-37H2,1-2H3,(H,70,71)/b19-17-/t38-,39?,40?,43-,44+,45?,46?,47?,48?,49?,50-,51+,52-,53?,54?,55-,56+/m1/s1. The second-order valence-electron chi connectivity index (χ2n) is 21.9. The molecule has 0 spiro atoms. The predicted octanol–water partition coefficient (Wildman–Crippen LogP) is 4.32. The van der Waals surface area contributed by atoms with Crippen molar-refractivity contribution >= 4 is 19.8 Å². The molecule has 0 bridgehead atoms. The van der Waals surface area contributed by atoms with E-state index in [0.717, 1.165) is 64.2 Å². The third kappa shape index (κ3) is 26.6. The number of unbranched alkanes of at least 4 members (excludes halogenated alkanes) is 24. The molecular formula is C56H103O23P. The fraction of sp³-hybridized carbons (Fsp3) is 0.929. The molecule has 1 aliphatic carbocycles. The van der Waals surface area contributed by atoms with Crippen molar-refractivity contribution in [2.45, 2.75) is 304 Å². The summed E-state index contributed by atoms with van der Waals surface area (Å²) in [6.07, 6.45) is -0.969. The fourth-order valence-electron chi connectivity index (χ4n) is 10.1. The first-order chi connectivity index (χ1) is 38.4. The van der Waals surface area contributed by atoms with Gasteiger partial charge in [0.1, 0.15) is 92.1 Å². The number of hydrogen-bond donors (Lipinski definition) is 12. The van der Waals surface area contributed by atoms with Crippen molar-refractivity contribution in [3.63, 3.8) is 0 Å². The molecule has 10 unspecified atom stereocenters. The van der Waals surface area contributed by atoms with E-state index in [1.54, 1.807) is 0 Å². The number of hydrogen-bond acceptors (Lipinski definition) is 22. The third-order valence-corrected chi connectivity index (χ3v) is 16.1. The van der Waals surface area contributed by atoms with Gasteiger partial charge in [0.25, 0.3) is 0 Å². The molecule has 2 saturated heterocycles. The Bertz CT molecular complexity index is 1640. The topological polar surface area (TPSA) is 368 Å². The van der Waals surface area contributed by atoms with Gasteiger partial charge in [-0.2, -0.15) is 0 Å². The van der Waals surface area contributed by atoms with Crippen molar-refractivity contribution in [2.75, 3.05) is 26.4 Å². The third-order valence-electron chi connectivity index (χ3n) is 15.1. The Kier molecular flexibility index (Phi) is 37.4. The van der Waals surface area contributed by atoms with Crippen molar-refractivity contribution in [3.8, 4) is 0 Å². The monoisotopic (exact) mass is 1170 g/mol. The van der Waals surface area contributed by atoms with Gasteiger partial charge in [-0.05, 0) is 38.5 Å². The summed E-state index contributed by atoms with van der Waals surface area (Å²) in [7, 11) is -5.63. The quantitative estimate of drug-likeness (QED) is 0.0175. The molecule has 0 aromatic carbocycles. The van der Waals surface area contributed by atoms with Crippen LogP contribution in [0.4, 0.5) is 0 Å². The summed E-state index contributed by atoms with van der Waals surface area (Å²) in [6, 6.07) is 0.